The van der Waals surface area contributed by atoms with Crippen molar-refractivity contribution < 1.29 is 9.59 Å². The topological polar surface area (TPSA) is 54.3 Å². The van der Waals surface area contributed by atoms with Crippen LogP contribution in [0.1, 0.15) is 39.2 Å². The molecule has 7 heteroatoms. The summed E-state index contributed by atoms with van der Waals surface area (Å²) < 4.78 is 2.17. The Morgan fingerprint density at radius 2 is 1.56 bits per heavy atom. The third-order valence-electron chi connectivity index (χ3n) is 6.14. The lowest BCUT2D eigenvalue weighted by molar-refractivity contribution is -0.122. The Morgan fingerprint density at radius 3 is 2.18 bits per heavy atom. The van der Waals surface area contributed by atoms with Crippen LogP contribution in [-0.2, 0) is 9.59 Å². The molecule has 0 unspecified atom stereocenters. The van der Waals surface area contributed by atoms with Crippen LogP contribution in [0.5, 0.6) is 0 Å². The largest absolute Gasteiger partial charge is 0.317 e. The molecule has 2 aromatic carbocycles. The van der Waals surface area contributed by atoms with E-state index >= 15 is 0 Å². The first-order valence-electron chi connectivity index (χ1n) is 10.9. The number of nitrogens with zero attached hydrogens (tertiary/aromatic N) is 2. The molecule has 0 atom stereocenters. The molecule has 1 fully saturated rings. The zero-order valence-electron chi connectivity index (χ0n) is 20.0. The van der Waals surface area contributed by atoms with Gasteiger partial charge in [-0.3, -0.25) is 19.8 Å². The summed E-state index contributed by atoms with van der Waals surface area (Å²) in [5.41, 5.74) is 8.81. The standard InChI is InChI=1S/C27H26ClN3O2S/c1-14-9-16(3)24(17(4)10-14)30-18(5)11-20(19(30)6)12-22-25(32)29-27(34)31(26(22)33)21-8-7-15(2)23(28)13-21/h7-13H,1-6H3,(H,29,32,34)/b22-12+. The third-order valence-corrected chi connectivity index (χ3v) is 6.84. The molecule has 0 aliphatic carbocycles. The third kappa shape index (κ3) is 4.08. The maximum absolute atomic E-state index is 13.4. The van der Waals surface area contributed by atoms with Crippen LogP contribution in [0.15, 0.2) is 42.0 Å². The summed E-state index contributed by atoms with van der Waals surface area (Å²) >= 11 is 11.6. The molecule has 1 aromatic heterocycles. The molecular weight excluding hydrogens is 466 g/mol. The number of thiocarbonyl (C=S) groups is 1. The molecular formula is C27H26ClN3O2S. The highest BCUT2D eigenvalue weighted by molar-refractivity contribution is 7.80. The lowest BCUT2D eigenvalue weighted by Gasteiger charge is -2.29. The number of halogens is 1. The maximum atomic E-state index is 13.4. The van der Waals surface area contributed by atoms with E-state index in [9.17, 15) is 9.59 Å². The van der Waals surface area contributed by atoms with Gasteiger partial charge in [0.2, 0.25) is 0 Å². The second-order valence-corrected chi connectivity index (χ2v) is 9.59. The molecule has 5 nitrogen and oxygen atoms in total. The first-order valence-corrected chi connectivity index (χ1v) is 11.7. The second-order valence-electron chi connectivity index (χ2n) is 8.80. The summed E-state index contributed by atoms with van der Waals surface area (Å²) in [6.07, 6.45) is 1.64. The van der Waals surface area contributed by atoms with Crippen molar-refractivity contribution in [3.63, 3.8) is 0 Å². The Hall–Kier alpha value is -3.22. The van der Waals surface area contributed by atoms with Crippen molar-refractivity contribution in [2.75, 3.05) is 4.90 Å². The molecule has 1 aliphatic heterocycles. The summed E-state index contributed by atoms with van der Waals surface area (Å²) in [6.45, 7) is 12.2. The van der Waals surface area contributed by atoms with Crippen LogP contribution in [0.3, 0.4) is 0 Å². The monoisotopic (exact) mass is 491 g/mol. The molecule has 2 heterocycles. The van der Waals surface area contributed by atoms with E-state index in [4.69, 9.17) is 23.8 Å². The van der Waals surface area contributed by atoms with Gasteiger partial charge in [0, 0.05) is 16.4 Å². The molecule has 2 amide bonds. The summed E-state index contributed by atoms with van der Waals surface area (Å²) in [5.74, 6) is -1.00. The molecule has 0 bridgehead atoms. The number of aryl methyl sites for hydroxylation is 5. The number of anilines is 1. The number of amides is 2. The Balaban J connectivity index is 1.80. The molecule has 0 spiro atoms. The molecule has 3 aromatic rings. The smallest absolute Gasteiger partial charge is 0.270 e. The zero-order valence-corrected chi connectivity index (χ0v) is 21.6. The van der Waals surface area contributed by atoms with Crippen LogP contribution in [-0.4, -0.2) is 21.5 Å². The maximum Gasteiger partial charge on any atom is 0.270 e. The fourth-order valence-electron chi connectivity index (χ4n) is 4.57. The minimum Gasteiger partial charge on any atom is -0.317 e. The predicted octanol–water partition coefficient (Wildman–Crippen LogP) is 5.81. The van der Waals surface area contributed by atoms with E-state index in [2.05, 4.69) is 42.8 Å². The van der Waals surface area contributed by atoms with E-state index in [1.807, 2.05) is 32.9 Å². The normalized spacial score (nSPS) is 15.3. The minimum atomic E-state index is -0.517. The first-order chi connectivity index (χ1) is 16.0. The van der Waals surface area contributed by atoms with Gasteiger partial charge in [0.05, 0.1) is 11.4 Å². The van der Waals surface area contributed by atoms with Crippen molar-refractivity contribution in [1.82, 2.24) is 9.88 Å². The molecule has 1 N–H and O–H groups in total. The minimum absolute atomic E-state index is 0.0166. The van der Waals surface area contributed by atoms with Gasteiger partial charge in [-0.2, -0.15) is 0 Å². The lowest BCUT2D eigenvalue weighted by atomic mass is 10.0. The summed E-state index contributed by atoms with van der Waals surface area (Å²) in [5, 5.41) is 3.19. The van der Waals surface area contributed by atoms with E-state index in [0.29, 0.717) is 10.7 Å². The predicted molar refractivity (Wildman–Crippen MR) is 142 cm³/mol. The van der Waals surface area contributed by atoms with Crippen molar-refractivity contribution in [3.8, 4) is 5.69 Å². The SMILES string of the molecule is Cc1cc(C)c(-n2c(C)cc(/C=C3\C(=O)NC(=S)N(c4ccc(C)c(Cl)c4)C3=O)c2C)c(C)c1. The van der Waals surface area contributed by atoms with Gasteiger partial charge in [0.15, 0.2) is 5.11 Å². The van der Waals surface area contributed by atoms with Crippen LogP contribution in [0, 0.1) is 41.5 Å². The number of nitrogens with one attached hydrogen (secondary N) is 1. The van der Waals surface area contributed by atoms with Crippen molar-refractivity contribution >= 4 is 52.5 Å². The number of benzene rings is 2. The molecule has 0 saturated carbocycles. The first kappa shape index (κ1) is 23.9. The second kappa shape index (κ2) is 8.85. The molecule has 1 aliphatic rings. The van der Waals surface area contributed by atoms with Crippen LogP contribution in [0.25, 0.3) is 11.8 Å². The van der Waals surface area contributed by atoms with Gasteiger partial charge in [0.25, 0.3) is 11.8 Å². The van der Waals surface area contributed by atoms with Crippen molar-refractivity contribution in [1.29, 1.82) is 0 Å². The molecule has 34 heavy (non-hydrogen) atoms. The zero-order chi connectivity index (χ0) is 24.9. The van der Waals surface area contributed by atoms with E-state index in [1.165, 1.54) is 10.5 Å². The van der Waals surface area contributed by atoms with Crippen LogP contribution in [0.4, 0.5) is 5.69 Å². The Morgan fingerprint density at radius 1 is 0.912 bits per heavy atom. The molecule has 174 valence electrons. The fraction of sp³-hybridized carbons (Fsp3) is 0.222. The number of hydrogen-bond donors (Lipinski definition) is 1. The average Bonchev–Trinajstić information content (AvgIpc) is 3.00. The Bertz CT molecular complexity index is 1390. The quantitative estimate of drug-likeness (QED) is 0.285. The average molecular weight is 492 g/mol. The highest BCUT2D eigenvalue weighted by Gasteiger charge is 2.35. The van der Waals surface area contributed by atoms with Crippen molar-refractivity contribution in [3.05, 3.63) is 86.2 Å². The van der Waals surface area contributed by atoms with E-state index in [-0.39, 0.29) is 10.7 Å². The molecule has 4 rings (SSSR count). The highest BCUT2D eigenvalue weighted by atomic mass is 35.5. The van der Waals surface area contributed by atoms with Gasteiger partial charge in [-0.15, -0.1) is 0 Å². The fourth-order valence-corrected chi connectivity index (χ4v) is 5.03. The highest BCUT2D eigenvalue weighted by Crippen LogP contribution is 2.30. The van der Waals surface area contributed by atoms with Crippen LogP contribution in [0.2, 0.25) is 5.02 Å². The number of carbonyl (C=O) groups excluding carboxylic acids is 2. The number of rotatable bonds is 3. The number of aromatic nitrogens is 1. The van der Waals surface area contributed by atoms with Gasteiger partial charge in [-0.1, -0.05) is 35.4 Å². The van der Waals surface area contributed by atoms with E-state index in [0.717, 1.165) is 39.3 Å². The van der Waals surface area contributed by atoms with Gasteiger partial charge in [-0.25, -0.2) is 0 Å². The van der Waals surface area contributed by atoms with Crippen LogP contribution >= 0.6 is 23.8 Å². The van der Waals surface area contributed by atoms with Gasteiger partial charge in [0.1, 0.15) is 5.57 Å². The number of carbonyl (C=O) groups is 2. The summed E-state index contributed by atoms with van der Waals surface area (Å²) in [4.78, 5) is 27.5. The number of hydrogen-bond acceptors (Lipinski definition) is 3. The molecule has 0 radical (unpaired) electrons. The van der Waals surface area contributed by atoms with Crippen molar-refractivity contribution in [2.45, 2.75) is 41.5 Å². The van der Waals surface area contributed by atoms with Gasteiger partial charge < -0.3 is 4.57 Å². The summed E-state index contributed by atoms with van der Waals surface area (Å²) in [6, 6.07) is 11.5. The Kier molecular flexibility index (Phi) is 6.23. The Labute approximate surface area is 210 Å². The lowest BCUT2D eigenvalue weighted by Crippen LogP contribution is -2.54. The van der Waals surface area contributed by atoms with Crippen molar-refractivity contribution in [2.24, 2.45) is 0 Å². The van der Waals surface area contributed by atoms with Gasteiger partial charge >= 0.3 is 0 Å². The van der Waals surface area contributed by atoms with Crippen LogP contribution < -0.4 is 10.2 Å². The summed E-state index contributed by atoms with van der Waals surface area (Å²) in [7, 11) is 0. The molecule has 1 saturated heterocycles. The van der Waals surface area contributed by atoms with Gasteiger partial charge in [-0.05, 0) is 100 Å². The van der Waals surface area contributed by atoms with E-state index in [1.54, 1.807) is 18.2 Å². The van der Waals surface area contributed by atoms with E-state index < -0.39 is 11.8 Å².